The van der Waals surface area contributed by atoms with Gasteiger partial charge in [0.05, 0.1) is 6.10 Å². The van der Waals surface area contributed by atoms with Crippen LogP contribution in [0, 0.1) is 5.41 Å². The molecule has 1 aromatic carbocycles. The first-order valence-electron chi connectivity index (χ1n) is 6.39. The Balaban J connectivity index is 2.16. The second-order valence-corrected chi connectivity index (χ2v) is 5.84. The second kappa shape index (κ2) is 5.09. The van der Waals surface area contributed by atoms with Crippen LogP contribution in [0.4, 0.5) is 0 Å². The SMILES string of the molecule is COC(/C=C/c1ccc2c(c1)OC(O)(O)O2)C(C)(C)C. The molecule has 5 nitrogen and oxygen atoms in total. The first-order valence-corrected chi connectivity index (χ1v) is 6.39. The molecule has 1 heterocycles. The van der Waals surface area contributed by atoms with E-state index in [4.69, 9.17) is 14.2 Å². The van der Waals surface area contributed by atoms with Crippen molar-refractivity contribution >= 4 is 6.08 Å². The topological polar surface area (TPSA) is 68.2 Å². The second-order valence-electron chi connectivity index (χ2n) is 5.84. The van der Waals surface area contributed by atoms with Crippen molar-refractivity contribution in [2.45, 2.75) is 33.0 Å². The third-order valence-corrected chi connectivity index (χ3v) is 3.02. The van der Waals surface area contributed by atoms with Crippen molar-refractivity contribution in [3.8, 4) is 11.5 Å². The summed E-state index contributed by atoms with van der Waals surface area (Å²) in [5, 5.41) is 18.5. The Bertz CT molecular complexity index is 513. The summed E-state index contributed by atoms with van der Waals surface area (Å²) in [7, 11) is 1.67. The molecule has 0 radical (unpaired) electrons. The van der Waals surface area contributed by atoms with Crippen LogP contribution in [0.15, 0.2) is 24.3 Å². The van der Waals surface area contributed by atoms with Crippen molar-refractivity contribution in [3.63, 3.8) is 0 Å². The summed E-state index contributed by atoms with van der Waals surface area (Å²) >= 11 is 0. The van der Waals surface area contributed by atoms with E-state index in [9.17, 15) is 10.2 Å². The smallest absolute Gasteiger partial charge is 0.403 e. The molecule has 0 saturated heterocycles. The lowest BCUT2D eigenvalue weighted by atomic mass is 9.88. The lowest BCUT2D eigenvalue weighted by molar-refractivity contribution is -0.385. The largest absolute Gasteiger partial charge is 0.505 e. The third-order valence-electron chi connectivity index (χ3n) is 3.02. The van der Waals surface area contributed by atoms with Crippen molar-refractivity contribution in [2.75, 3.05) is 7.11 Å². The normalized spacial score (nSPS) is 18.5. The van der Waals surface area contributed by atoms with Gasteiger partial charge in [-0.3, -0.25) is 10.2 Å². The molecule has 0 saturated carbocycles. The highest BCUT2D eigenvalue weighted by Crippen LogP contribution is 2.38. The van der Waals surface area contributed by atoms with Gasteiger partial charge in [-0.1, -0.05) is 39.0 Å². The van der Waals surface area contributed by atoms with E-state index in [1.807, 2.05) is 12.2 Å². The van der Waals surface area contributed by atoms with Gasteiger partial charge in [0, 0.05) is 7.11 Å². The highest BCUT2D eigenvalue weighted by atomic mass is 17.0. The van der Waals surface area contributed by atoms with E-state index in [1.165, 1.54) is 0 Å². The molecular formula is C15H20O5. The molecule has 20 heavy (non-hydrogen) atoms. The highest BCUT2D eigenvalue weighted by Gasteiger charge is 2.37. The zero-order valence-corrected chi connectivity index (χ0v) is 12.1. The van der Waals surface area contributed by atoms with Crippen LogP contribution >= 0.6 is 0 Å². The minimum absolute atomic E-state index is 0.00700. The predicted molar refractivity (Wildman–Crippen MR) is 74.2 cm³/mol. The van der Waals surface area contributed by atoms with Crippen LogP contribution < -0.4 is 9.47 Å². The quantitative estimate of drug-likeness (QED) is 0.830. The predicted octanol–water partition coefficient (Wildman–Crippen LogP) is 2.13. The molecule has 2 rings (SSSR count). The van der Waals surface area contributed by atoms with Crippen molar-refractivity contribution < 1.29 is 24.4 Å². The monoisotopic (exact) mass is 280 g/mol. The first-order chi connectivity index (χ1) is 9.21. The van der Waals surface area contributed by atoms with E-state index in [0.29, 0.717) is 11.5 Å². The van der Waals surface area contributed by atoms with Crippen LogP contribution in [0.1, 0.15) is 26.3 Å². The summed E-state index contributed by atoms with van der Waals surface area (Å²) in [6.07, 6.45) is 1.26. The summed E-state index contributed by atoms with van der Waals surface area (Å²) < 4.78 is 15.1. The minimum atomic E-state index is -2.58. The summed E-state index contributed by atoms with van der Waals surface area (Å²) in [4.78, 5) is 0. The van der Waals surface area contributed by atoms with Crippen LogP contribution in [0.2, 0.25) is 0 Å². The molecule has 0 spiro atoms. The summed E-state index contributed by atoms with van der Waals surface area (Å²) in [5.74, 6) is 0.591. The molecule has 1 aliphatic rings. The molecule has 0 bridgehead atoms. The maximum absolute atomic E-state index is 9.24. The summed E-state index contributed by atoms with van der Waals surface area (Å²) in [6, 6.07) is 5.10. The van der Waals surface area contributed by atoms with Gasteiger partial charge in [-0.2, -0.15) is 0 Å². The molecule has 0 fully saturated rings. The number of rotatable bonds is 3. The minimum Gasteiger partial charge on any atom is -0.403 e. The molecule has 0 aliphatic carbocycles. The van der Waals surface area contributed by atoms with E-state index < -0.39 is 6.16 Å². The number of ether oxygens (including phenoxy) is 3. The van der Waals surface area contributed by atoms with Crippen molar-refractivity contribution in [1.82, 2.24) is 0 Å². The van der Waals surface area contributed by atoms with Crippen LogP contribution in [0.25, 0.3) is 6.08 Å². The van der Waals surface area contributed by atoms with E-state index in [-0.39, 0.29) is 11.5 Å². The molecule has 110 valence electrons. The van der Waals surface area contributed by atoms with E-state index in [1.54, 1.807) is 25.3 Å². The first kappa shape index (κ1) is 14.8. The van der Waals surface area contributed by atoms with Crippen LogP contribution in [0.3, 0.4) is 0 Å². The van der Waals surface area contributed by atoms with E-state index >= 15 is 0 Å². The number of methoxy groups -OCH3 is 1. The Morgan fingerprint density at radius 1 is 1.20 bits per heavy atom. The zero-order chi connectivity index (χ0) is 15.0. The maximum atomic E-state index is 9.24. The third kappa shape index (κ3) is 3.30. The van der Waals surface area contributed by atoms with Gasteiger partial charge in [-0.05, 0) is 23.1 Å². The van der Waals surface area contributed by atoms with Crippen molar-refractivity contribution in [1.29, 1.82) is 0 Å². The molecular weight excluding hydrogens is 260 g/mol. The van der Waals surface area contributed by atoms with Crippen LogP contribution in [-0.4, -0.2) is 29.6 Å². The fourth-order valence-corrected chi connectivity index (χ4v) is 2.02. The molecule has 1 aliphatic heterocycles. The van der Waals surface area contributed by atoms with Gasteiger partial charge < -0.3 is 14.2 Å². The zero-order valence-electron chi connectivity index (χ0n) is 12.1. The van der Waals surface area contributed by atoms with Crippen molar-refractivity contribution in [3.05, 3.63) is 29.8 Å². The molecule has 2 N–H and O–H groups in total. The van der Waals surface area contributed by atoms with Crippen LogP contribution in [-0.2, 0) is 4.74 Å². The lowest BCUT2D eigenvalue weighted by Crippen LogP contribution is -2.37. The standard InChI is InChI=1S/C15H20O5/c1-14(2,3)13(18-4)8-6-10-5-7-11-12(9-10)20-15(16,17)19-11/h5-9,13,16-17H,1-4H3/b8-6+. The average molecular weight is 280 g/mol. The Kier molecular flexibility index (Phi) is 3.77. The van der Waals surface area contributed by atoms with Gasteiger partial charge in [0.2, 0.25) is 0 Å². The molecule has 5 heteroatoms. The van der Waals surface area contributed by atoms with E-state index in [2.05, 4.69) is 20.8 Å². The number of benzene rings is 1. The summed E-state index contributed by atoms with van der Waals surface area (Å²) in [5.41, 5.74) is 0.851. The molecule has 1 atom stereocenters. The molecule has 1 aromatic rings. The lowest BCUT2D eigenvalue weighted by Gasteiger charge is -2.26. The van der Waals surface area contributed by atoms with Gasteiger partial charge in [0.15, 0.2) is 11.5 Å². The van der Waals surface area contributed by atoms with Crippen molar-refractivity contribution in [2.24, 2.45) is 5.41 Å². The fourth-order valence-electron chi connectivity index (χ4n) is 2.02. The Morgan fingerprint density at radius 3 is 2.45 bits per heavy atom. The average Bonchev–Trinajstić information content (AvgIpc) is 2.61. The molecule has 0 aromatic heterocycles. The fraction of sp³-hybridized carbons (Fsp3) is 0.467. The van der Waals surface area contributed by atoms with Gasteiger partial charge in [-0.15, -0.1) is 0 Å². The van der Waals surface area contributed by atoms with Gasteiger partial charge in [0.25, 0.3) is 0 Å². The number of hydrogen-bond acceptors (Lipinski definition) is 5. The molecule has 1 unspecified atom stereocenters. The van der Waals surface area contributed by atoms with E-state index in [0.717, 1.165) is 5.56 Å². The highest BCUT2D eigenvalue weighted by molar-refractivity contribution is 5.57. The Labute approximate surface area is 118 Å². The van der Waals surface area contributed by atoms with Gasteiger partial charge in [-0.25, -0.2) is 0 Å². The maximum Gasteiger partial charge on any atom is 0.505 e. The Morgan fingerprint density at radius 2 is 1.85 bits per heavy atom. The van der Waals surface area contributed by atoms with Gasteiger partial charge in [0.1, 0.15) is 0 Å². The Hall–Kier alpha value is -1.56. The molecule has 0 amide bonds. The number of aliphatic hydroxyl groups is 2. The summed E-state index contributed by atoms with van der Waals surface area (Å²) in [6.45, 7) is 6.28. The van der Waals surface area contributed by atoms with Gasteiger partial charge >= 0.3 is 6.16 Å². The van der Waals surface area contributed by atoms with Crippen LogP contribution in [0.5, 0.6) is 11.5 Å². The number of fused-ring (bicyclic) bond motifs is 1. The number of hydrogen-bond donors (Lipinski definition) is 2.